The molecule has 0 spiro atoms. The summed E-state index contributed by atoms with van der Waals surface area (Å²) in [4.78, 5) is 41.0. The van der Waals surface area contributed by atoms with Crippen LogP contribution in [0.25, 0.3) is 0 Å². The number of benzene rings is 1. The summed E-state index contributed by atoms with van der Waals surface area (Å²) in [5.41, 5.74) is 0.578. The average molecular weight is 430 g/mol. The first kappa shape index (κ1) is 22.8. The highest BCUT2D eigenvalue weighted by Gasteiger charge is 2.57. The van der Waals surface area contributed by atoms with Gasteiger partial charge in [-0.2, -0.15) is 0 Å². The number of aliphatic hydroxyl groups is 1. The predicted molar refractivity (Wildman–Crippen MR) is 116 cm³/mol. The summed E-state index contributed by atoms with van der Waals surface area (Å²) in [5, 5.41) is 15.5. The van der Waals surface area contributed by atoms with Crippen LogP contribution in [0.1, 0.15) is 20.3 Å². The van der Waals surface area contributed by atoms with Crippen LogP contribution in [0.15, 0.2) is 36.4 Å². The van der Waals surface area contributed by atoms with Gasteiger partial charge in [0.25, 0.3) is 0 Å². The number of hydrogen-bond acceptors (Lipinski definition) is 5. The summed E-state index contributed by atoms with van der Waals surface area (Å²) >= 11 is 0. The van der Waals surface area contributed by atoms with E-state index in [1.54, 1.807) is 38.4 Å². The molecule has 1 heterocycles. The molecule has 0 radical (unpaired) electrons. The molecule has 3 amide bonds. The zero-order valence-electron chi connectivity index (χ0n) is 18.4. The van der Waals surface area contributed by atoms with E-state index in [4.69, 9.17) is 4.74 Å². The molecule has 168 valence electrons. The van der Waals surface area contributed by atoms with Crippen molar-refractivity contribution in [2.24, 2.45) is 23.7 Å². The van der Waals surface area contributed by atoms with Crippen LogP contribution in [0.5, 0.6) is 5.75 Å². The van der Waals surface area contributed by atoms with E-state index in [1.165, 1.54) is 4.90 Å². The van der Waals surface area contributed by atoms with E-state index in [2.05, 4.69) is 10.6 Å². The van der Waals surface area contributed by atoms with Crippen molar-refractivity contribution in [1.82, 2.24) is 10.2 Å². The first-order valence-corrected chi connectivity index (χ1v) is 10.7. The van der Waals surface area contributed by atoms with Gasteiger partial charge < -0.3 is 25.4 Å². The second-order valence-electron chi connectivity index (χ2n) is 8.14. The Morgan fingerprint density at radius 1 is 1.19 bits per heavy atom. The van der Waals surface area contributed by atoms with E-state index < -0.39 is 29.8 Å². The van der Waals surface area contributed by atoms with Crippen molar-refractivity contribution < 1.29 is 24.2 Å². The normalized spacial score (nSPS) is 28.1. The number of nitrogens with zero attached hydrogens (tertiary/aromatic N) is 1. The Balaban J connectivity index is 1.98. The lowest BCUT2D eigenvalue weighted by molar-refractivity contribution is -0.142. The molecule has 0 saturated carbocycles. The van der Waals surface area contributed by atoms with Gasteiger partial charge in [-0.25, -0.2) is 0 Å². The summed E-state index contributed by atoms with van der Waals surface area (Å²) in [6.45, 7) is 3.51. The van der Waals surface area contributed by atoms with Gasteiger partial charge in [0.2, 0.25) is 17.7 Å². The fraction of sp³-hybridized carbons (Fsp3) is 0.522. The second-order valence-corrected chi connectivity index (χ2v) is 8.14. The minimum atomic E-state index is -0.812. The van der Waals surface area contributed by atoms with E-state index in [0.29, 0.717) is 17.9 Å². The molecule has 6 atom stereocenters. The van der Waals surface area contributed by atoms with Gasteiger partial charge in [0.15, 0.2) is 0 Å². The number of allylic oxidation sites excluding steroid dienone is 1. The molecule has 1 aromatic carbocycles. The van der Waals surface area contributed by atoms with Crippen LogP contribution in [0.4, 0.5) is 5.69 Å². The first-order chi connectivity index (χ1) is 14.9. The standard InChI is InChI=1S/C23H31N3O5/c1-5-15(12-27)26-20(22(29)25-14-7-9-16(31-4)10-8-14)17-11-6-13(2)18(21(28)24-3)19(17)23(26)30/h6-11,13,15,17-20,27H,5,12H2,1-4H3,(H,24,28)(H,25,29)/t13-,15+,17+,18-,19-,20+/m1/s1. The highest BCUT2D eigenvalue weighted by molar-refractivity contribution is 6.02. The zero-order chi connectivity index (χ0) is 22.7. The molecule has 1 aromatic rings. The molecule has 1 fully saturated rings. The Morgan fingerprint density at radius 3 is 2.42 bits per heavy atom. The first-order valence-electron chi connectivity index (χ1n) is 10.7. The van der Waals surface area contributed by atoms with Crippen LogP contribution in [-0.4, -0.2) is 60.6 Å². The molecule has 8 nitrogen and oxygen atoms in total. The number of fused-ring (bicyclic) bond motifs is 1. The number of anilines is 1. The lowest BCUT2D eigenvalue weighted by Crippen LogP contribution is -2.50. The van der Waals surface area contributed by atoms with Gasteiger partial charge in [-0.3, -0.25) is 14.4 Å². The van der Waals surface area contributed by atoms with Crippen molar-refractivity contribution in [2.75, 3.05) is 26.1 Å². The topological polar surface area (TPSA) is 108 Å². The number of ether oxygens (including phenoxy) is 1. The van der Waals surface area contributed by atoms with Gasteiger partial charge in [-0.15, -0.1) is 0 Å². The number of rotatable bonds is 7. The van der Waals surface area contributed by atoms with Crippen molar-refractivity contribution >= 4 is 23.4 Å². The Kier molecular flexibility index (Phi) is 7.00. The summed E-state index contributed by atoms with van der Waals surface area (Å²) in [5.74, 6) is -1.95. The molecule has 2 aliphatic rings. The van der Waals surface area contributed by atoms with Crippen LogP contribution < -0.4 is 15.4 Å². The molecule has 0 bridgehead atoms. The summed E-state index contributed by atoms with van der Waals surface area (Å²) < 4.78 is 5.15. The van der Waals surface area contributed by atoms with Crippen LogP contribution in [0, 0.1) is 23.7 Å². The maximum atomic E-state index is 13.5. The van der Waals surface area contributed by atoms with Crippen LogP contribution >= 0.6 is 0 Å². The van der Waals surface area contributed by atoms with Crippen molar-refractivity contribution in [2.45, 2.75) is 32.4 Å². The highest BCUT2D eigenvalue weighted by atomic mass is 16.5. The number of carbonyl (C=O) groups excluding carboxylic acids is 3. The van der Waals surface area contributed by atoms with Gasteiger partial charge >= 0.3 is 0 Å². The van der Waals surface area contributed by atoms with E-state index in [-0.39, 0.29) is 30.2 Å². The number of amides is 3. The number of methoxy groups -OCH3 is 1. The third kappa shape index (κ3) is 4.17. The fourth-order valence-corrected chi connectivity index (χ4v) is 4.80. The third-order valence-electron chi connectivity index (χ3n) is 6.46. The van der Waals surface area contributed by atoms with Gasteiger partial charge in [0.05, 0.1) is 31.6 Å². The summed E-state index contributed by atoms with van der Waals surface area (Å²) in [6.07, 6.45) is 4.29. The van der Waals surface area contributed by atoms with Crippen molar-refractivity contribution in [3.63, 3.8) is 0 Å². The fourth-order valence-electron chi connectivity index (χ4n) is 4.80. The number of hydrogen-bond donors (Lipinski definition) is 3. The van der Waals surface area contributed by atoms with E-state index in [9.17, 15) is 19.5 Å². The second kappa shape index (κ2) is 9.51. The monoisotopic (exact) mass is 429 g/mol. The van der Waals surface area contributed by atoms with Crippen molar-refractivity contribution in [3.05, 3.63) is 36.4 Å². The molecule has 3 rings (SSSR count). The quantitative estimate of drug-likeness (QED) is 0.568. The summed E-state index contributed by atoms with van der Waals surface area (Å²) in [7, 11) is 3.12. The van der Waals surface area contributed by atoms with E-state index >= 15 is 0 Å². The lowest BCUT2D eigenvalue weighted by Gasteiger charge is -2.33. The van der Waals surface area contributed by atoms with E-state index in [1.807, 2.05) is 26.0 Å². The van der Waals surface area contributed by atoms with Gasteiger partial charge in [-0.1, -0.05) is 26.0 Å². The van der Waals surface area contributed by atoms with Crippen LogP contribution in [0.3, 0.4) is 0 Å². The molecular weight excluding hydrogens is 398 g/mol. The molecular formula is C23H31N3O5. The molecule has 1 aliphatic heterocycles. The van der Waals surface area contributed by atoms with Crippen molar-refractivity contribution in [3.8, 4) is 5.75 Å². The van der Waals surface area contributed by atoms with Crippen molar-refractivity contribution in [1.29, 1.82) is 0 Å². The Morgan fingerprint density at radius 2 is 1.87 bits per heavy atom. The molecule has 0 aromatic heterocycles. The number of likely N-dealkylation sites (tertiary alicyclic amines) is 1. The SMILES string of the molecule is CC[C@@H](CO)N1C(=O)[C@@H]2[C@H](C=C[C@@H](C)[C@H]2C(=O)NC)[C@H]1C(=O)Nc1ccc(OC)cc1. The maximum absolute atomic E-state index is 13.5. The smallest absolute Gasteiger partial charge is 0.247 e. The molecule has 1 aliphatic carbocycles. The summed E-state index contributed by atoms with van der Waals surface area (Å²) in [6, 6.07) is 5.62. The highest BCUT2D eigenvalue weighted by Crippen LogP contribution is 2.45. The van der Waals surface area contributed by atoms with Gasteiger partial charge in [-0.05, 0) is 36.6 Å². The van der Waals surface area contributed by atoms with Gasteiger partial charge in [0, 0.05) is 18.7 Å². The number of carbonyl (C=O) groups is 3. The largest absolute Gasteiger partial charge is 0.497 e. The predicted octanol–water partition coefficient (Wildman–Crippen LogP) is 1.42. The maximum Gasteiger partial charge on any atom is 0.247 e. The molecule has 0 unspecified atom stereocenters. The molecule has 8 heteroatoms. The van der Waals surface area contributed by atoms with Crippen LogP contribution in [-0.2, 0) is 14.4 Å². The number of nitrogens with one attached hydrogen (secondary N) is 2. The Hall–Kier alpha value is -2.87. The van der Waals surface area contributed by atoms with Crippen LogP contribution in [0.2, 0.25) is 0 Å². The minimum Gasteiger partial charge on any atom is -0.497 e. The average Bonchev–Trinajstić information content (AvgIpc) is 3.07. The molecule has 3 N–H and O–H groups in total. The Bertz CT molecular complexity index is 849. The molecule has 1 saturated heterocycles. The molecule has 31 heavy (non-hydrogen) atoms. The van der Waals surface area contributed by atoms with Gasteiger partial charge in [0.1, 0.15) is 11.8 Å². The zero-order valence-corrected chi connectivity index (χ0v) is 18.4. The Labute approximate surface area is 182 Å². The van der Waals surface area contributed by atoms with E-state index in [0.717, 1.165) is 0 Å². The minimum absolute atomic E-state index is 0.135. The third-order valence-corrected chi connectivity index (χ3v) is 6.46. The number of aliphatic hydroxyl groups excluding tert-OH is 1. The lowest BCUT2D eigenvalue weighted by atomic mass is 9.70.